The average molecular weight is 509 g/mol. The van der Waals surface area contributed by atoms with E-state index in [1.165, 1.54) is 54.8 Å². The summed E-state index contributed by atoms with van der Waals surface area (Å²) < 4.78 is 83.0. The Labute approximate surface area is 194 Å². The summed E-state index contributed by atoms with van der Waals surface area (Å²) >= 11 is 0. The van der Waals surface area contributed by atoms with Crippen LogP contribution in [0.1, 0.15) is 11.9 Å². The third-order valence-corrected chi connectivity index (χ3v) is 5.27. The van der Waals surface area contributed by atoms with Crippen LogP contribution in [0.3, 0.4) is 0 Å². The minimum absolute atomic E-state index is 0.114. The number of hydrogen-bond donors (Lipinski definition) is 0. The van der Waals surface area contributed by atoms with Crippen LogP contribution in [-0.4, -0.2) is 23.1 Å². The first-order valence-corrected chi connectivity index (χ1v) is 12.7. The molecule has 0 spiro atoms. The second-order valence-electron chi connectivity index (χ2n) is 7.00. The van der Waals surface area contributed by atoms with E-state index in [2.05, 4.69) is 4.18 Å². The van der Waals surface area contributed by atoms with Gasteiger partial charge in [-0.25, -0.2) is 0 Å². The van der Waals surface area contributed by atoms with Crippen LogP contribution in [0, 0.1) is 0 Å². The van der Waals surface area contributed by atoms with Crippen molar-refractivity contribution in [1.82, 2.24) is 0 Å². The number of hydrogen-bond acceptors (Lipinski definition) is 9. The van der Waals surface area contributed by atoms with E-state index in [4.69, 9.17) is 18.1 Å². The van der Waals surface area contributed by atoms with E-state index in [0.717, 1.165) is 17.0 Å². The molecule has 1 aromatic heterocycles. The van der Waals surface area contributed by atoms with Crippen molar-refractivity contribution in [2.24, 2.45) is 0 Å². The molecule has 0 aliphatic heterocycles. The van der Waals surface area contributed by atoms with Gasteiger partial charge in [0, 0.05) is 16.3 Å². The molecule has 1 heterocycles. The molecule has 0 N–H and O–H groups in total. The van der Waals surface area contributed by atoms with Crippen molar-refractivity contribution in [2.45, 2.75) is 6.29 Å². The van der Waals surface area contributed by atoms with E-state index in [0.29, 0.717) is 11.3 Å². The second-order valence-corrected chi connectivity index (χ2v) is 9.52. The summed E-state index contributed by atoms with van der Waals surface area (Å²) in [5.74, 6) is 0.495. The van der Waals surface area contributed by atoms with Gasteiger partial charge in [-0.05, 0) is 48.5 Å². The Hall–Kier alpha value is -3.77. The molecule has 0 radical (unpaired) electrons. The Morgan fingerprint density at radius 1 is 0.735 bits per heavy atom. The molecule has 0 saturated carbocycles. The Morgan fingerprint density at radius 3 is 1.79 bits per heavy atom. The molecule has 0 aliphatic carbocycles. The number of ether oxygens (including phenoxy) is 2. The van der Waals surface area contributed by atoms with Crippen LogP contribution >= 0.6 is 0 Å². The van der Waals surface area contributed by atoms with Gasteiger partial charge in [0.25, 0.3) is 6.29 Å². The van der Waals surface area contributed by atoms with Crippen LogP contribution in [0.5, 0.6) is 23.0 Å². The molecule has 0 bridgehead atoms. The van der Waals surface area contributed by atoms with Crippen molar-refractivity contribution in [2.75, 3.05) is 6.26 Å². The molecule has 4 rings (SSSR count). The summed E-state index contributed by atoms with van der Waals surface area (Å²) in [6.45, 7) is 0. The third-order valence-electron chi connectivity index (χ3n) is 4.39. The van der Waals surface area contributed by atoms with Crippen LogP contribution in [0.4, 0.5) is 3.89 Å². The van der Waals surface area contributed by atoms with Gasteiger partial charge in [-0.3, -0.25) is 0 Å². The Bertz CT molecular complexity index is 1410. The summed E-state index contributed by atoms with van der Waals surface area (Å²) in [7, 11) is -8.83. The Morgan fingerprint density at radius 2 is 1.26 bits per heavy atom. The summed E-state index contributed by atoms with van der Waals surface area (Å²) in [4.78, 5) is 0. The summed E-state index contributed by atoms with van der Waals surface area (Å²) in [6.07, 6.45) is 3.04. The minimum atomic E-state index is -5.15. The molecule has 34 heavy (non-hydrogen) atoms. The van der Waals surface area contributed by atoms with Crippen molar-refractivity contribution >= 4 is 31.4 Å². The fourth-order valence-corrected chi connectivity index (χ4v) is 3.86. The highest BCUT2D eigenvalue weighted by Gasteiger charge is 2.20. The highest BCUT2D eigenvalue weighted by molar-refractivity contribution is 7.86. The largest absolute Gasteiger partial charge is 0.488 e. The fourth-order valence-electron chi connectivity index (χ4n) is 3.06. The van der Waals surface area contributed by atoms with Gasteiger partial charge in [-0.2, -0.15) is 16.8 Å². The highest BCUT2D eigenvalue weighted by Crippen LogP contribution is 2.32. The van der Waals surface area contributed by atoms with E-state index in [9.17, 15) is 20.7 Å². The molecule has 3 aromatic carbocycles. The molecule has 178 valence electrons. The number of halogens is 1. The number of benzene rings is 3. The molecule has 0 fully saturated rings. The molecule has 1 unspecified atom stereocenters. The average Bonchev–Trinajstić information content (AvgIpc) is 3.23. The lowest BCUT2D eigenvalue weighted by Crippen LogP contribution is -2.15. The maximum atomic E-state index is 12.7. The molecule has 0 aliphatic rings. The molecule has 1 atom stereocenters. The number of furan rings is 1. The van der Waals surface area contributed by atoms with Gasteiger partial charge in [0.2, 0.25) is 0 Å². The molecular formula is C22H17FO9S2. The second kappa shape index (κ2) is 9.23. The van der Waals surface area contributed by atoms with Gasteiger partial charge in [0.1, 0.15) is 23.0 Å². The van der Waals surface area contributed by atoms with Gasteiger partial charge in [0.05, 0.1) is 18.8 Å². The predicted octanol–water partition coefficient (Wildman–Crippen LogP) is 4.52. The zero-order valence-electron chi connectivity index (χ0n) is 17.5. The van der Waals surface area contributed by atoms with Crippen molar-refractivity contribution in [3.8, 4) is 23.0 Å². The SMILES string of the molecule is CS(=O)(=O)Oc1ccc(OC(Oc2ccc(OS(=O)(=O)F)cc2)c2cccc3cocc23)cc1. The zero-order valence-corrected chi connectivity index (χ0v) is 19.1. The zero-order chi connectivity index (χ0) is 24.3. The normalized spacial score (nSPS) is 12.8. The van der Waals surface area contributed by atoms with Crippen LogP contribution in [0.15, 0.2) is 83.7 Å². The first-order chi connectivity index (χ1) is 16.1. The van der Waals surface area contributed by atoms with E-state index < -0.39 is 26.9 Å². The first-order valence-electron chi connectivity index (χ1n) is 9.57. The Kier molecular flexibility index (Phi) is 6.35. The highest BCUT2D eigenvalue weighted by atomic mass is 32.3. The molecule has 0 amide bonds. The van der Waals surface area contributed by atoms with Crippen molar-refractivity contribution in [3.05, 3.63) is 84.8 Å². The van der Waals surface area contributed by atoms with Gasteiger partial charge in [-0.15, -0.1) is 0 Å². The maximum absolute atomic E-state index is 12.7. The lowest BCUT2D eigenvalue weighted by atomic mass is 10.1. The Balaban J connectivity index is 1.62. The number of rotatable bonds is 9. The van der Waals surface area contributed by atoms with Crippen LogP contribution in [-0.2, 0) is 20.6 Å². The van der Waals surface area contributed by atoms with E-state index in [-0.39, 0.29) is 17.2 Å². The molecule has 0 saturated heterocycles. The van der Waals surface area contributed by atoms with Gasteiger partial charge >= 0.3 is 20.6 Å². The fraction of sp³-hybridized carbons (Fsp3) is 0.0909. The molecular weight excluding hydrogens is 491 g/mol. The van der Waals surface area contributed by atoms with Crippen LogP contribution in [0.2, 0.25) is 0 Å². The summed E-state index contributed by atoms with van der Waals surface area (Å²) in [5, 5.41) is 1.54. The van der Waals surface area contributed by atoms with Crippen LogP contribution < -0.4 is 17.8 Å². The monoisotopic (exact) mass is 508 g/mol. The summed E-state index contributed by atoms with van der Waals surface area (Å²) in [5.41, 5.74) is 0.620. The van der Waals surface area contributed by atoms with Crippen molar-refractivity contribution < 1.29 is 43.0 Å². The quantitative estimate of drug-likeness (QED) is 0.183. The van der Waals surface area contributed by atoms with E-state index >= 15 is 0 Å². The van der Waals surface area contributed by atoms with Crippen molar-refractivity contribution in [1.29, 1.82) is 0 Å². The predicted molar refractivity (Wildman–Crippen MR) is 119 cm³/mol. The molecule has 9 nitrogen and oxygen atoms in total. The standard InChI is InChI=1S/C22H17FO9S2/c1-33(24,25)31-18-9-5-16(6-10-18)29-22(20-4-2-3-15-13-28-14-21(15)20)30-17-7-11-19(12-8-17)32-34(23,26)27/h2-14,22H,1H3. The van der Waals surface area contributed by atoms with Gasteiger partial charge in [-0.1, -0.05) is 22.1 Å². The topological polar surface area (TPSA) is 118 Å². The maximum Gasteiger partial charge on any atom is 0.488 e. The first kappa shape index (κ1) is 23.4. The van der Waals surface area contributed by atoms with E-state index in [1.807, 2.05) is 6.07 Å². The van der Waals surface area contributed by atoms with E-state index in [1.54, 1.807) is 18.4 Å². The number of fused-ring (bicyclic) bond motifs is 1. The van der Waals surface area contributed by atoms with Crippen molar-refractivity contribution in [3.63, 3.8) is 0 Å². The molecule has 4 aromatic rings. The lowest BCUT2D eigenvalue weighted by molar-refractivity contribution is 0.00493. The van der Waals surface area contributed by atoms with Gasteiger partial charge < -0.3 is 22.3 Å². The van der Waals surface area contributed by atoms with Crippen LogP contribution in [0.25, 0.3) is 10.8 Å². The lowest BCUT2D eigenvalue weighted by Gasteiger charge is -2.22. The summed E-state index contributed by atoms with van der Waals surface area (Å²) in [6, 6.07) is 16.5. The van der Waals surface area contributed by atoms with Gasteiger partial charge in [0.15, 0.2) is 0 Å². The smallest absolute Gasteiger partial charge is 0.471 e. The minimum Gasteiger partial charge on any atom is -0.471 e. The third kappa shape index (κ3) is 6.17. The molecule has 12 heteroatoms.